The molecule has 0 aromatic heterocycles. The first kappa shape index (κ1) is 11.8. The van der Waals surface area contributed by atoms with Gasteiger partial charge in [0.2, 0.25) is 0 Å². The third-order valence-electron chi connectivity index (χ3n) is 3.10. The second-order valence-corrected chi connectivity index (χ2v) is 4.49. The van der Waals surface area contributed by atoms with Gasteiger partial charge in [-0.3, -0.25) is 0 Å². The lowest BCUT2D eigenvalue weighted by atomic mass is 9.99. The summed E-state index contributed by atoms with van der Waals surface area (Å²) in [5.41, 5.74) is 0. The number of aliphatic hydroxyl groups excluding tert-OH is 1. The average molecular weight is 196 g/mol. The molecule has 1 aliphatic carbocycles. The second kappa shape index (κ2) is 7.05. The zero-order valence-electron chi connectivity index (χ0n) is 9.41. The Morgan fingerprint density at radius 2 is 2.21 bits per heavy atom. The highest BCUT2D eigenvalue weighted by atomic mass is 16.3. The number of aliphatic hydroxyl groups is 1. The van der Waals surface area contributed by atoms with E-state index in [1.165, 1.54) is 32.1 Å². The van der Waals surface area contributed by atoms with E-state index in [-0.39, 0.29) is 6.10 Å². The standard InChI is InChI=1S/C13H24O/c1-2-7-13(14)11-6-5-10-12-8-3-4-9-12/h3,8,12-14H,2,4-7,9-11H2,1H3. The molecule has 1 aliphatic rings. The van der Waals surface area contributed by atoms with Crippen LogP contribution < -0.4 is 0 Å². The quantitative estimate of drug-likeness (QED) is 0.486. The number of unbranched alkanes of at least 4 members (excludes halogenated alkanes) is 1. The van der Waals surface area contributed by atoms with Gasteiger partial charge in [-0.2, -0.15) is 0 Å². The van der Waals surface area contributed by atoms with E-state index in [0.29, 0.717) is 0 Å². The van der Waals surface area contributed by atoms with Crippen LogP contribution in [0.15, 0.2) is 12.2 Å². The van der Waals surface area contributed by atoms with E-state index >= 15 is 0 Å². The Bertz CT molecular complexity index is 163. The lowest BCUT2D eigenvalue weighted by Gasteiger charge is -2.10. The lowest BCUT2D eigenvalue weighted by molar-refractivity contribution is 0.149. The number of allylic oxidation sites excluding steroid dienone is 2. The van der Waals surface area contributed by atoms with Gasteiger partial charge in [0.05, 0.1) is 6.10 Å². The molecule has 1 rings (SSSR count). The highest BCUT2D eigenvalue weighted by Gasteiger charge is 2.09. The predicted molar refractivity (Wildman–Crippen MR) is 61.2 cm³/mol. The van der Waals surface area contributed by atoms with Crippen LogP contribution in [0.25, 0.3) is 0 Å². The summed E-state index contributed by atoms with van der Waals surface area (Å²) in [6.07, 6.45) is 14.2. The number of hydrogen-bond acceptors (Lipinski definition) is 1. The fraction of sp³-hybridized carbons (Fsp3) is 0.846. The summed E-state index contributed by atoms with van der Waals surface area (Å²) in [5, 5.41) is 9.53. The van der Waals surface area contributed by atoms with Crippen LogP contribution in [0.2, 0.25) is 0 Å². The van der Waals surface area contributed by atoms with E-state index in [1.807, 2.05) is 0 Å². The SMILES string of the molecule is CCCC(O)CCCCC1C=CCC1. The van der Waals surface area contributed by atoms with E-state index in [1.54, 1.807) is 0 Å². The molecule has 0 aliphatic heterocycles. The zero-order valence-corrected chi connectivity index (χ0v) is 9.41. The Balaban J connectivity index is 1.90. The van der Waals surface area contributed by atoms with E-state index < -0.39 is 0 Å². The molecular weight excluding hydrogens is 172 g/mol. The molecule has 1 nitrogen and oxygen atoms in total. The van der Waals surface area contributed by atoms with Crippen molar-refractivity contribution in [2.45, 2.75) is 64.4 Å². The van der Waals surface area contributed by atoms with Crippen molar-refractivity contribution in [1.82, 2.24) is 0 Å². The number of rotatable bonds is 7. The smallest absolute Gasteiger partial charge is 0.0540 e. The maximum absolute atomic E-state index is 9.53. The minimum atomic E-state index is -0.0425. The van der Waals surface area contributed by atoms with Crippen molar-refractivity contribution >= 4 is 0 Å². The topological polar surface area (TPSA) is 20.2 Å². The largest absolute Gasteiger partial charge is 0.393 e. The number of hydrogen-bond donors (Lipinski definition) is 1. The molecule has 0 fully saturated rings. The van der Waals surface area contributed by atoms with Crippen molar-refractivity contribution in [3.8, 4) is 0 Å². The van der Waals surface area contributed by atoms with Crippen molar-refractivity contribution in [3.05, 3.63) is 12.2 Å². The van der Waals surface area contributed by atoms with Crippen LogP contribution in [0.1, 0.15) is 58.3 Å². The summed E-state index contributed by atoms with van der Waals surface area (Å²) in [7, 11) is 0. The van der Waals surface area contributed by atoms with Crippen LogP contribution >= 0.6 is 0 Å². The van der Waals surface area contributed by atoms with Crippen molar-refractivity contribution in [2.75, 3.05) is 0 Å². The summed E-state index contributed by atoms with van der Waals surface area (Å²) in [4.78, 5) is 0. The molecule has 1 heteroatoms. The Morgan fingerprint density at radius 1 is 1.36 bits per heavy atom. The first-order valence-corrected chi connectivity index (χ1v) is 6.17. The maximum atomic E-state index is 9.53. The van der Waals surface area contributed by atoms with E-state index in [2.05, 4.69) is 19.1 Å². The Hall–Kier alpha value is -0.300. The summed E-state index contributed by atoms with van der Waals surface area (Å²) in [6, 6.07) is 0. The van der Waals surface area contributed by atoms with Crippen molar-refractivity contribution in [1.29, 1.82) is 0 Å². The highest BCUT2D eigenvalue weighted by Crippen LogP contribution is 2.23. The third-order valence-corrected chi connectivity index (χ3v) is 3.10. The van der Waals surface area contributed by atoms with Crippen LogP contribution in [0.5, 0.6) is 0 Å². The monoisotopic (exact) mass is 196 g/mol. The molecule has 2 atom stereocenters. The van der Waals surface area contributed by atoms with Gasteiger partial charge >= 0.3 is 0 Å². The van der Waals surface area contributed by atoms with Gasteiger partial charge in [0.1, 0.15) is 0 Å². The molecular formula is C13H24O. The van der Waals surface area contributed by atoms with Crippen LogP contribution in [-0.2, 0) is 0 Å². The molecule has 0 amide bonds. The summed E-state index contributed by atoms with van der Waals surface area (Å²) >= 11 is 0. The van der Waals surface area contributed by atoms with Crippen LogP contribution in [0.4, 0.5) is 0 Å². The summed E-state index contributed by atoms with van der Waals surface area (Å²) < 4.78 is 0. The Kier molecular flexibility index (Phi) is 5.93. The predicted octanol–water partition coefficient (Wildman–Crippen LogP) is 3.67. The molecule has 82 valence electrons. The molecule has 1 N–H and O–H groups in total. The normalized spacial score (nSPS) is 22.9. The van der Waals surface area contributed by atoms with Gasteiger partial charge in [0.15, 0.2) is 0 Å². The summed E-state index contributed by atoms with van der Waals surface area (Å²) in [6.45, 7) is 2.13. The minimum Gasteiger partial charge on any atom is -0.393 e. The second-order valence-electron chi connectivity index (χ2n) is 4.49. The van der Waals surface area contributed by atoms with Crippen LogP contribution in [0.3, 0.4) is 0 Å². The maximum Gasteiger partial charge on any atom is 0.0540 e. The molecule has 0 aromatic rings. The molecule has 0 aromatic carbocycles. The molecule has 2 unspecified atom stereocenters. The molecule has 0 bridgehead atoms. The van der Waals surface area contributed by atoms with Gasteiger partial charge < -0.3 is 5.11 Å². The van der Waals surface area contributed by atoms with Gasteiger partial charge in [0.25, 0.3) is 0 Å². The minimum absolute atomic E-state index is 0.0425. The van der Waals surface area contributed by atoms with Crippen LogP contribution in [0, 0.1) is 5.92 Å². The molecule has 0 radical (unpaired) electrons. The van der Waals surface area contributed by atoms with Gasteiger partial charge in [-0.25, -0.2) is 0 Å². The zero-order chi connectivity index (χ0) is 10.2. The van der Waals surface area contributed by atoms with Crippen LogP contribution in [-0.4, -0.2) is 11.2 Å². The fourth-order valence-electron chi connectivity index (χ4n) is 2.20. The third kappa shape index (κ3) is 4.80. The first-order chi connectivity index (χ1) is 6.83. The van der Waals surface area contributed by atoms with Gasteiger partial charge in [-0.1, -0.05) is 38.3 Å². The first-order valence-electron chi connectivity index (χ1n) is 6.17. The van der Waals surface area contributed by atoms with E-state index in [9.17, 15) is 5.11 Å². The molecule has 0 heterocycles. The Labute approximate surface area is 88.2 Å². The molecule has 0 saturated heterocycles. The highest BCUT2D eigenvalue weighted by molar-refractivity contribution is 4.95. The lowest BCUT2D eigenvalue weighted by Crippen LogP contribution is -2.05. The van der Waals surface area contributed by atoms with Gasteiger partial charge in [-0.15, -0.1) is 0 Å². The van der Waals surface area contributed by atoms with Gasteiger partial charge in [0, 0.05) is 0 Å². The molecule has 14 heavy (non-hydrogen) atoms. The molecule has 0 saturated carbocycles. The average Bonchev–Trinajstić information content (AvgIpc) is 2.65. The fourth-order valence-corrected chi connectivity index (χ4v) is 2.20. The van der Waals surface area contributed by atoms with E-state index in [0.717, 1.165) is 25.2 Å². The van der Waals surface area contributed by atoms with Crippen molar-refractivity contribution in [2.24, 2.45) is 5.92 Å². The van der Waals surface area contributed by atoms with Crippen molar-refractivity contribution in [3.63, 3.8) is 0 Å². The van der Waals surface area contributed by atoms with E-state index in [4.69, 9.17) is 0 Å². The van der Waals surface area contributed by atoms with Gasteiger partial charge in [-0.05, 0) is 38.0 Å². The van der Waals surface area contributed by atoms with Crippen molar-refractivity contribution < 1.29 is 5.11 Å². The Morgan fingerprint density at radius 3 is 2.86 bits per heavy atom. The summed E-state index contributed by atoms with van der Waals surface area (Å²) in [5.74, 6) is 0.846. The molecule has 0 spiro atoms.